The Morgan fingerprint density at radius 2 is 1.86 bits per heavy atom. The van der Waals surface area contributed by atoms with Gasteiger partial charge in [0.05, 0.1) is 0 Å². The van der Waals surface area contributed by atoms with Crippen LogP contribution in [0.1, 0.15) is 37.8 Å². The highest BCUT2D eigenvalue weighted by atomic mass is 16.2. The number of hydrogen-bond donors (Lipinski definition) is 1. The monoisotopic (exact) mass is 286 g/mol. The molecule has 2 amide bonds. The molecular formula is C17H22N2O2. The molecule has 21 heavy (non-hydrogen) atoms. The predicted molar refractivity (Wildman–Crippen MR) is 80.5 cm³/mol. The number of benzene rings is 1. The number of piperazine rings is 1. The fraction of sp³-hybridized carbons (Fsp3) is 0.529. The molecule has 4 heteroatoms. The van der Waals surface area contributed by atoms with Gasteiger partial charge < -0.3 is 10.2 Å². The summed E-state index contributed by atoms with van der Waals surface area (Å²) in [5, 5.41) is 2.84. The minimum absolute atomic E-state index is 0.00999. The van der Waals surface area contributed by atoms with Gasteiger partial charge in [-0.25, -0.2) is 0 Å². The van der Waals surface area contributed by atoms with Crippen LogP contribution in [0.4, 0.5) is 0 Å². The maximum atomic E-state index is 12.6. The number of rotatable bonds is 3. The molecule has 0 aromatic heterocycles. The molecule has 1 heterocycles. The van der Waals surface area contributed by atoms with E-state index in [2.05, 4.69) is 5.32 Å². The summed E-state index contributed by atoms with van der Waals surface area (Å²) in [5.41, 5.74) is 1.57. The Bertz CT molecular complexity index is 577. The van der Waals surface area contributed by atoms with E-state index in [0.717, 1.165) is 18.4 Å². The van der Waals surface area contributed by atoms with Gasteiger partial charge >= 0.3 is 0 Å². The highest BCUT2D eigenvalue weighted by molar-refractivity contribution is 5.99. The summed E-state index contributed by atoms with van der Waals surface area (Å²) in [4.78, 5) is 26.9. The van der Waals surface area contributed by atoms with Crippen LogP contribution in [0.5, 0.6) is 0 Å². The van der Waals surface area contributed by atoms with Crippen LogP contribution in [0.25, 0.3) is 0 Å². The van der Waals surface area contributed by atoms with Crippen molar-refractivity contribution in [1.82, 2.24) is 10.2 Å². The van der Waals surface area contributed by atoms with Crippen LogP contribution in [0, 0.1) is 12.8 Å². The minimum Gasteiger partial charge on any atom is -0.343 e. The average molecular weight is 286 g/mol. The molecule has 1 aromatic rings. The summed E-state index contributed by atoms with van der Waals surface area (Å²) >= 11 is 0. The van der Waals surface area contributed by atoms with Gasteiger partial charge in [0, 0.05) is 6.54 Å². The highest BCUT2D eigenvalue weighted by Crippen LogP contribution is 2.45. The lowest BCUT2D eigenvalue weighted by Gasteiger charge is -2.46. The van der Waals surface area contributed by atoms with Crippen LogP contribution >= 0.6 is 0 Å². The van der Waals surface area contributed by atoms with Crippen molar-refractivity contribution in [2.45, 2.75) is 51.7 Å². The smallest absolute Gasteiger partial charge is 0.246 e. The van der Waals surface area contributed by atoms with Crippen LogP contribution in [-0.2, 0) is 16.1 Å². The van der Waals surface area contributed by atoms with E-state index in [1.165, 1.54) is 5.56 Å². The molecule has 1 N–H and O–H groups in total. The number of aryl methyl sites for hydroxylation is 1. The van der Waals surface area contributed by atoms with Crippen molar-refractivity contribution in [1.29, 1.82) is 0 Å². The average Bonchev–Trinajstić information content (AvgIpc) is 3.28. The van der Waals surface area contributed by atoms with Gasteiger partial charge in [0.2, 0.25) is 11.8 Å². The molecule has 2 fully saturated rings. The van der Waals surface area contributed by atoms with Gasteiger partial charge in [-0.3, -0.25) is 9.59 Å². The standard InChI is InChI=1S/C17H22N2O2/c1-11-4-6-13(7-5-11)10-19-15(20)12(2)18-16(21)17(19,3)14-8-9-14/h4-7,12,14H,8-10H2,1-3H3,(H,18,21). The predicted octanol–water partition coefficient (Wildman–Crippen LogP) is 2.01. The van der Waals surface area contributed by atoms with Crippen molar-refractivity contribution in [3.8, 4) is 0 Å². The Balaban J connectivity index is 1.92. The fourth-order valence-electron chi connectivity index (χ4n) is 3.16. The Hall–Kier alpha value is -1.84. The number of carbonyl (C=O) groups is 2. The van der Waals surface area contributed by atoms with E-state index in [1.54, 1.807) is 11.8 Å². The molecule has 4 nitrogen and oxygen atoms in total. The van der Waals surface area contributed by atoms with Gasteiger partial charge in [-0.2, -0.15) is 0 Å². The Morgan fingerprint density at radius 1 is 1.24 bits per heavy atom. The van der Waals surface area contributed by atoms with Gasteiger partial charge in [-0.05, 0) is 45.1 Å². The van der Waals surface area contributed by atoms with Gasteiger partial charge in [-0.1, -0.05) is 29.8 Å². The molecule has 0 bridgehead atoms. The lowest BCUT2D eigenvalue weighted by atomic mass is 9.88. The molecule has 1 saturated carbocycles. The third kappa shape index (κ3) is 2.33. The summed E-state index contributed by atoms with van der Waals surface area (Å²) in [6, 6.07) is 7.72. The molecular weight excluding hydrogens is 264 g/mol. The van der Waals surface area contributed by atoms with Gasteiger partial charge in [0.15, 0.2) is 0 Å². The van der Waals surface area contributed by atoms with Crippen molar-refractivity contribution in [3.63, 3.8) is 0 Å². The zero-order valence-corrected chi connectivity index (χ0v) is 12.8. The first-order chi connectivity index (χ1) is 9.92. The van der Waals surface area contributed by atoms with Gasteiger partial charge in [0.25, 0.3) is 0 Å². The fourth-order valence-corrected chi connectivity index (χ4v) is 3.16. The summed E-state index contributed by atoms with van der Waals surface area (Å²) in [6.07, 6.45) is 2.05. The van der Waals surface area contributed by atoms with Crippen LogP contribution in [0.3, 0.4) is 0 Å². The molecule has 2 aliphatic rings. The first-order valence-electron chi connectivity index (χ1n) is 7.61. The summed E-state index contributed by atoms with van der Waals surface area (Å²) in [7, 11) is 0. The molecule has 1 aromatic carbocycles. The number of amides is 2. The van der Waals surface area contributed by atoms with Crippen molar-refractivity contribution in [2.24, 2.45) is 5.92 Å². The van der Waals surface area contributed by atoms with Crippen LogP contribution in [0.15, 0.2) is 24.3 Å². The zero-order valence-electron chi connectivity index (χ0n) is 12.8. The maximum Gasteiger partial charge on any atom is 0.246 e. The first kappa shape index (κ1) is 14.1. The second-order valence-electron chi connectivity index (χ2n) is 6.53. The quantitative estimate of drug-likeness (QED) is 0.924. The SMILES string of the molecule is Cc1ccc(CN2C(=O)C(C)NC(=O)C2(C)C2CC2)cc1. The van der Waals surface area contributed by atoms with Crippen molar-refractivity contribution in [3.05, 3.63) is 35.4 Å². The number of nitrogens with zero attached hydrogens (tertiary/aromatic N) is 1. The Labute approximate surface area is 125 Å². The molecule has 0 radical (unpaired) electrons. The molecule has 2 unspecified atom stereocenters. The van der Waals surface area contributed by atoms with E-state index in [9.17, 15) is 9.59 Å². The van der Waals surface area contributed by atoms with E-state index < -0.39 is 11.6 Å². The maximum absolute atomic E-state index is 12.6. The summed E-state index contributed by atoms with van der Waals surface area (Å²) < 4.78 is 0. The molecule has 2 atom stereocenters. The molecule has 1 aliphatic carbocycles. The van der Waals surface area contributed by atoms with E-state index in [0.29, 0.717) is 12.5 Å². The third-order valence-corrected chi connectivity index (χ3v) is 4.84. The first-order valence-corrected chi connectivity index (χ1v) is 7.61. The lowest BCUT2D eigenvalue weighted by Crippen LogP contribution is -2.69. The molecule has 112 valence electrons. The largest absolute Gasteiger partial charge is 0.343 e. The number of hydrogen-bond acceptors (Lipinski definition) is 2. The lowest BCUT2D eigenvalue weighted by molar-refractivity contribution is -0.158. The molecule has 1 saturated heterocycles. The molecule has 1 aliphatic heterocycles. The number of nitrogens with one attached hydrogen (secondary N) is 1. The summed E-state index contributed by atoms with van der Waals surface area (Å²) in [5.74, 6) is 0.299. The Kier molecular flexibility index (Phi) is 3.27. The highest BCUT2D eigenvalue weighted by Gasteiger charge is 2.56. The second-order valence-corrected chi connectivity index (χ2v) is 6.53. The van der Waals surface area contributed by atoms with E-state index >= 15 is 0 Å². The Morgan fingerprint density at radius 3 is 2.43 bits per heavy atom. The van der Waals surface area contributed by atoms with E-state index in [1.807, 2.05) is 38.1 Å². The normalized spacial score (nSPS) is 29.5. The number of carbonyl (C=O) groups excluding carboxylic acids is 2. The van der Waals surface area contributed by atoms with E-state index in [4.69, 9.17) is 0 Å². The van der Waals surface area contributed by atoms with E-state index in [-0.39, 0.29) is 11.8 Å². The van der Waals surface area contributed by atoms with Crippen LogP contribution in [0.2, 0.25) is 0 Å². The third-order valence-electron chi connectivity index (χ3n) is 4.84. The zero-order chi connectivity index (χ0) is 15.2. The topological polar surface area (TPSA) is 49.4 Å². The molecule has 0 spiro atoms. The van der Waals surface area contributed by atoms with Crippen LogP contribution in [-0.4, -0.2) is 28.3 Å². The van der Waals surface area contributed by atoms with Crippen molar-refractivity contribution in [2.75, 3.05) is 0 Å². The van der Waals surface area contributed by atoms with Crippen molar-refractivity contribution < 1.29 is 9.59 Å². The minimum atomic E-state index is -0.700. The van der Waals surface area contributed by atoms with Crippen LogP contribution < -0.4 is 5.32 Å². The van der Waals surface area contributed by atoms with Crippen molar-refractivity contribution >= 4 is 11.8 Å². The second kappa shape index (κ2) is 4.86. The van der Waals surface area contributed by atoms with Gasteiger partial charge in [0.1, 0.15) is 11.6 Å². The summed E-state index contributed by atoms with van der Waals surface area (Å²) in [6.45, 7) is 6.22. The molecule has 3 rings (SSSR count). The van der Waals surface area contributed by atoms with Gasteiger partial charge in [-0.15, -0.1) is 0 Å².